The van der Waals surface area contributed by atoms with Crippen LogP contribution in [-0.2, 0) is 11.3 Å². The van der Waals surface area contributed by atoms with Crippen LogP contribution >= 0.6 is 11.8 Å². The fourth-order valence-corrected chi connectivity index (χ4v) is 4.37. The monoisotopic (exact) mass is 488 g/mol. The number of aromatic nitrogens is 3. The number of benzene rings is 3. The first kappa shape index (κ1) is 24.3. The Morgan fingerprint density at radius 3 is 2.54 bits per heavy atom. The standard InChI is InChI=1S/C27H28N4O3S/c1-4-34-23-13-11-22(12-14-23)31-26(21-9-5-7-19(2)15-21)29-30-27(31)35-18-25(32)28-17-20-8-6-10-24(16-20)33-3/h5-16H,4,17-18H2,1-3H3,(H,28,32). The number of carbonyl (C=O) groups is 1. The van der Waals surface area contributed by atoms with Gasteiger partial charge in [-0.3, -0.25) is 9.36 Å². The van der Waals surface area contributed by atoms with E-state index in [0.717, 1.165) is 39.7 Å². The summed E-state index contributed by atoms with van der Waals surface area (Å²) in [5.41, 5.74) is 3.96. The van der Waals surface area contributed by atoms with E-state index in [1.165, 1.54) is 11.8 Å². The number of aryl methyl sites for hydroxylation is 1. The van der Waals surface area contributed by atoms with Crippen molar-refractivity contribution in [3.63, 3.8) is 0 Å². The van der Waals surface area contributed by atoms with Gasteiger partial charge < -0.3 is 14.8 Å². The van der Waals surface area contributed by atoms with Crippen molar-refractivity contribution in [3.05, 3.63) is 83.9 Å². The highest BCUT2D eigenvalue weighted by Gasteiger charge is 2.17. The van der Waals surface area contributed by atoms with Crippen molar-refractivity contribution >= 4 is 17.7 Å². The van der Waals surface area contributed by atoms with Crippen LogP contribution in [0.2, 0.25) is 0 Å². The Kier molecular flexibility index (Phi) is 8.05. The highest BCUT2D eigenvalue weighted by molar-refractivity contribution is 7.99. The minimum absolute atomic E-state index is 0.0869. The molecule has 0 fully saturated rings. The average molecular weight is 489 g/mol. The molecule has 0 spiro atoms. The predicted octanol–water partition coefficient (Wildman–Crippen LogP) is 5.06. The molecule has 0 saturated heterocycles. The Morgan fingerprint density at radius 2 is 1.80 bits per heavy atom. The van der Waals surface area contributed by atoms with Gasteiger partial charge in [0, 0.05) is 17.8 Å². The molecule has 3 aromatic carbocycles. The summed E-state index contributed by atoms with van der Waals surface area (Å²) in [5, 5.41) is 12.5. The Morgan fingerprint density at radius 1 is 1.00 bits per heavy atom. The molecule has 180 valence electrons. The minimum atomic E-state index is -0.0869. The summed E-state index contributed by atoms with van der Waals surface area (Å²) in [7, 11) is 1.62. The van der Waals surface area contributed by atoms with Gasteiger partial charge in [-0.2, -0.15) is 0 Å². The van der Waals surface area contributed by atoms with Crippen molar-refractivity contribution in [2.45, 2.75) is 25.5 Å². The number of amides is 1. The number of nitrogens with zero attached hydrogens (tertiary/aromatic N) is 3. The molecule has 0 aliphatic rings. The van der Waals surface area contributed by atoms with Crippen LogP contribution in [0.1, 0.15) is 18.1 Å². The third-order valence-electron chi connectivity index (χ3n) is 5.27. The number of carbonyl (C=O) groups excluding carboxylic acids is 1. The van der Waals surface area contributed by atoms with E-state index in [9.17, 15) is 4.79 Å². The summed E-state index contributed by atoms with van der Waals surface area (Å²) in [6, 6.07) is 23.6. The molecule has 0 bridgehead atoms. The zero-order valence-electron chi connectivity index (χ0n) is 20.0. The van der Waals surface area contributed by atoms with E-state index in [4.69, 9.17) is 9.47 Å². The fourth-order valence-electron chi connectivity index (χ4n) is 3.59. The molecule has 1 N–H and O–H groups in total. The SMILES string of the molecule is CCOc1ccc(-n2c(SCC(=O)NCc3cccc(OC)c3)nnc2-c2cccc(C)c2)cc1. The van der Waals surface area contributed by atoms with Gasteiger partial charge in [0.2, 0.25) is 5.91 Å². The molecule has 1 amide bonds. The second-order valence-corrected chi connectivity index (χ2v) is 8.80. The van der Waals surface area contributed by atoms with Crippen LogP contribution in [0.5, 0.6) is 11.5 Å². The molecule has 0 aliphatic heterocycles. The maximum atomic E-state index is 12.6. The van der Waals surface area contributed by atoms with Crippen LogP contribution in [0.3, 0.4) is 0 Å². The number of hydrogen-bond donors (Lipinski definition) is 1. The van der Waals surface area contributed by atoms with E-state index >= 15 is 0 Å². The molecule has 4 aromatic rings. The molecule has 0 saturated carbocycles. The minimum Gasteiger partial charge on any atom is -0.497 e. The van der Waals surface area contributed by atoms with Crippen molar-refractivity contribution < 1.29 is 14.3 Å². The first-order valence-corrected chi connectivity index (χ1v) is 12.3. The lowest BCUT2D eigenvalue weighted by molar-refractivity contribution is -0.118. The second kappa shape index (κ2) is 11.6. The topological polar surface area (TPSA) is 78.3 Å². The third-order valence-corrected chi connectivity index (χ3v) is 6.20. The molecule has 1 heterocycles. The van der Waals surface area contributed by atoms with Crippen LogP contribution in [-0.4, -0.2) is 40.1 Å². The lowest BCUT2D eigenvalue weighted by Crippen LogP contribution is -2.24. The van der Waals surface area contributed by atoms with Crippen LogP contribution in [0.4, 0.5) is 0 Å². The molecule has 1 aromatic heterocycles. The summed E-state index contributed by atoms with van der Waals surface area (Å²) in [4.78, 5) is 12.6. The van der Waals surface area contributed by atoms with Gasteiger partial charge in [0.25, 0.3) is 0 Å². The first-order chi connectivity index (χ1) is 17.1. The molecule has 4 rings (SSSR count). The zero-order valence-corrected chi connectivity index (χ0v) is 20.8. The van der Waals surface area contributed by atoms with E-state index < -0.39 is 0 Å². The van der Waals surface area contributed by atoms with Crippen molar-refractivity contribution in [3.8, 4) is 28.6 Å². The van der Waals surface area contributed by atoms with Gasteiger partial charge in [0.15, 0.2) is 11.0 Å². The van der Waals surface area contributed by atoms with Crippen LogP contribution in [0.15, 0.2) is 78.0 Å². The number of hydrogen-bond acceptors (Lipinski definition) is 6. The van der Waals surface area contributed by atoms with Gasteiger partial charge in [-0.1, -0.05) is 47.7 Å². The molecule has 7 nitrogen and oxygen atoms in total. The molecule has 8 heteroatoms. The largest absolute Gasteiger partial charge is 0.497 e. The number of nitrogens with one attached hydrogen (secondary N) is 1. The smallest absolute Gasteiger partial charge is 0.230 e. The Labute approximate surface area is 209 Å². The average Bonchev–Trinajstić information content (AvgIpc) is 3.31. The maximum absolute atomic E-state index is 12.6. The van der Waals surface area contributed by atoms with Gasteiger partial charge in [-0.15, -0.1) is 10.2 Å². The van der Waals surface area contributed by atoms with Crippen molar-refractivity contribution in [1.82, 2.24) is 20.1 Å². The zero-order chi connectivity index (χ0) is 24.6. The summed E-state index contributed by atoms with van der Waals surface area (Å²) in [6.07, 6.45) is 0. The second-order valence-electron chi connectivity index (χ2n) is 7.85. The van der Waals surface area contributed by atoms with E-state index in [2.05, 4.69) is 21.6 Å². The molecular weight excluding hydrogens is 460 g/mol. The normalized spacial score (nSPS) is 10.7. The van der Waals surface area contributed by atoms with E-state index in [-0.39, 0.29) is 11.7 Å². The van der Waals surface area contributed by atoms with Crippen molar-refractivity contribution in [2.75, 3.05) is 19.5 Å². The van der Waals surface area contributed by atoms with Gasteiger partial charge in [0.05, 0.1) is 19.5 Å². The molecule has 0 aliphatic carbocycles. The molecule has 0 radical (unpaired) electrons. The number of methoxy groups -OCH3 is 1. The number of rotatable bonds is 10. The highest BCUT2D eigenvalue weighted by Crippen LogP contribution is 2.29. The Hall–Kier alpha value is -3.78. The van der Waals surface area contributed by atoms with Crippen LogP contribution in [0, 0.1) is 6.92 Å². The maximum Gasteiger partial charge on any atom is 0.230 e. The predicted molar refractivity (Wildman–Crippen MR) is 138 cm³/mol. The van der Waals surface area contributed by atoms with Crippen LogP contribution < -0.4 is 14.8 Å². The lowest BCUT2D eigenvalue weighted by Gasteiger charge is -2.12. The quantitative estimate of drug-likeness (QED) is 0.315. The van der Waals surface area contributed by atoms with E-state index in [1.807, 2.05) is 85.1 Å². The summed E-state index contributed by atoms with van der Waals surface area (Å²) in [5.74, 6) is 2.41. The summed E-state index contributed by atoms with van der Waals surface area (Å²) in [6.45, 7) is 5.03. The lowest BCUT2D eigenvalue weighted by atomic mass is 10.1. The number of thioether (sulfide) groups is 1. The van der Waals surface area contributed by atoms with Gasteiger partial charge in [-0.25, -0.2) is 0 Å². The Balaban J connectivity index is 1.53. The highest BCUT2D eigenvalue weighted by atomic mass is 32.2. The molecule has 35 heavy (non-hydrogen) atoms. The van der Waals surface area contributed by atoms with E-state index in [1.54, 1.807) is 7.11 Å². The van der Waals surface area contributed by atoms with Crippen LogP contribution in [0.25, 0.3) is 17.1 Å². The van der Waals surface area contributed by atoms with Gasteiger partial charge >= 0.3 is 0 Å². The van der Waals surface area contributed by atoms with Gasteiger partial charge in [0.1, 0.15) is 11.5 Å². The molecule has 0 atom stereocenters. The van der Waals surface area contributed by atoms with Gasteiger partial charge in [-0.05, 0) is 61.9 Å². The fraction of sp³-hybridized carbons (Fsp3) is 0.222. The molecular formula is C27H28N4O3S. The van der Waals surface area contributed by atoms with Crippen molar-refractivity contribution in [2.24, 2.45) is 0 Å². The number of ether oxygens (including phenoxy) is 2. The molecule has 0 unspecified atom stereocenters. The third kappa shape index (κ3) is 6.22. The summed E-state index contributed by atoms with van der Waals surface area (Å²) >= 11 is 1.35. The first-order valence-electron chi connectivity index (χ1n) is 11.4. The Bertz CT molecular complexity index is 1290. The van der Waals surface area contributed by atoms with E-state index in [0.29, 0.717) is 18.3 Å². The van der Waals surface area contributed by atoms with Crippen molar-refractivity contribution in [1.29, 1.82) is 0 Å². The summed E-state index contributed by atoms with van der Waals surface area (Å²) < 4.78 is 12.8.